The van der Waals surface area contributed by atoms with Crippen LogP contribution in [0.3, 0.4) is 0 Å². The molecule has 0 unspecified atom stereocenters. The summed E-state index contributed by atoms with van der Waals surface area (Å²) < 4.78 is 0. The molecule has 2 fully saturated rings. The van der Waals surface area contributed by atoms with Crippen LogP contribution >= 0.6 is 0 Å². The van der Waals surface area contributed by atoms with Crippen molar-refractivity contribution in [3.63, 3.8) is 0 Å². The number of benzene rings is 2. The number of anilines is 1. The highest BCUT2D eigenvalue weighted by molar-refractivity contribution is 5.98. The molecule has 1 spiro atoms. The minimum atomic E-state index is -0.488. The number of primary amides is 1. The number of nitrogens with zero attached hydrogens (tertiary/aromatic N) is 2. The summed E-state index contributed by atoms with van der Waals surface area (Å²) in [5, 5.41) is 3.25. The Bertz CT molecular complexity index is 917. The lowest BCUT2D eigenvalue weighted by atomic mass is 9.69. The second-order valence-corrected chi connectivity index (χ2v) is 8.50. The summed E-state index contributed by atoms with van der Waals surface area (Å²) in [5.41, 5.74) is 7.60. The molecule has 1 aliphatic heterocycles. The number of hydrogen-bond acceptors (Lipinski definition) is 3. The highest BCUT2D eigenvalue weighted by Gasteiger charge is 2.50. The molecule has 2 aromatic rings. The van der Waals surface area contributed by atoms with Crippen molar-refractivity contribution in [1.29, 1.82) is 0 Å². The average molecular weight is 393 g/mol. The van der Waals surface area contributed by atoms with Gasteiger partial charge in [-0.2, -0.15) is 0 Å². The largest absolute Gasteiger partial charge is 0.366 e. The van der Waals surface area contributed by atoms with Crippen molar-refractivity contribution in [3.8, 4) is 0 Å². The van der Waals surface area contributed by atoms with Crippen molar-refractivity contribution >= 4 is 17.6 Å². The number of nitrogens with one attached hydrogen (secondary N) is 1. The molecule has 152 valence electrons. The van der Waals surface area contributed by atoms with E-state index in [2.05, 4.69) is 48.6 Å². The zero-order valence-electron chi connectivity index (χ0n) is 17.0. The van der Waals surface area contributed by atoms with Crippen molar-refractivity contribution in [2.45, 2.75) is 36.8 Å². The van der Waals surface area contributed by atoms with Crippen LogP contribution in [0.2, 0.25) is 0 Å². The molecule has 1 saturated carbocycles. The molecular formula is C23H28N4O2. The number of amides is 3. The first-order valence-electron chi connectivity index (χ1n) is 10.1. The molecule has 0 aromatic heterocycles. The van der Waals surface area contributed by atoms with Crippen molar-refractivity contribution in [3.05, 3.63) is 65.7 Å². The van der Waals surface area contributed by atoms with E-state index in [0.717, 1.165) is 25.7 Å². The van der Waals surface area contributed by atoms with Crippen molar-refractivity contribution in [2.75, 3.05) is 25.5 Å². The summed E-state index contributed by atoms with van der Waals surface area (Å²) in [5.74, 6) is -0.488. The Morgan fingerprint density at radius 3 is 2.34 bits per heavy atom. The van der Waals surface area contributed by atoms with E-state index in [0.29, 0.717) is 17.8 Å². The first kappa shape index (κ1) is 19.5. The van der Waals surface area contributed by atoms with Gasteiger partial charge in [0.1, 0.15) is 0 Å². The standard InChI is InChI=1S/C23H28N4O2/c1-26(2)23(18-8-4-3-5-9-18)13-11-22(12-14-23)16-27(21(29)25-22)19-10-6-7-17(15-19)20(24)28/h3-10,15H,11-14,16H2,1-2H3,(H2,24,28)(H,25,29)/t22-,23+. The Kier molecular flexibility index (Phi) is 4.82. The Balaban J connectivity index is 1.55. The number of carbonyl (C=O) groups is 2. The third-order valence-corrected chi connectivity index (χ3v) is 6.72. The van der Waals surface area contributed by atoms with Crippen molar-refractivity contribution in [1.82, 2.24) is 10.2 Å². The van der Waals surface area contributed by atoms with Crippen LogP contribution in [0, 0.1) is 0 Å². The first-order chi connectivity index (χ1) is 13.9. The average Bonchev–Trinajstić information content (AvgIpc) is 3.05. The molecule has 3 N–H and O–H groups in total. The molecule has 0 bridgehead atoms. The molecular weight excluding hydrogens is 364 g/mol. The lowest BCUT2D eigenvalue weighted by Gasteiger charge is -2.48. The molecule has 0 atom stereocenters. The molecule has 6 heteroatoms. The van der Waals surface area contributed by atoms with Gasteiger partial charge in [0, 0.05) is 16.8 Å². The SMILES string of the molecule is CN(C)[C@]1(c2ccccc2)CC[C@]2(CC1)CN(c1cccc(C(N)=O)c1)C(=O)N2. The maximum absolute atomic E-state index is 12.8. The third kappa shape index (κ3) is 3.38. The lowest BCUT2D eigenvalue weighted by molar-refractivity contribution is 0.0658. The minimum Gasteiger partial charge on any atom is -0.366 e. The molecule has 0 radical (unpaired) electrons. The van der Waals surface area contributed by atoms with Gasteiger partial charge in [-0.3, -0.25) is 14.6 Å². The summed E-state index contributed by atoms with van der Waals surface area (Å²) in [6.45, 7) is 0.604. The molecule has 4 rings (SSSR count). The fourth-order valence-corrected chi connectivity index (χ4v) is 4.91. The van der Waals surface area contributed by atoms with Crippen LogP contribution in [0.15, 0.2) is 54.6 Å². The predicted molar refractivity (Wildman–Crippen MR) is 114 cm³/mol. The predicted octanol–water partition coefficient (Wildman–Crippen LogP) is 3.09. The van der Waals surface area contributed by atoms with Crippen LogP contribution in [0.4, 0.5) is 10.5 Å². The molecule has 2 aromatic carbocycles. The summed E-state index contributed by atoms with van der Waals surface area (Å²) in [7, 11) is 4.28. The Labute approximate surface area is 171 Å². The number of nitrogens with two attached hydrogens (primary N) is 1. The lowest BCUT2D eigenvalue weighted by Crippen LogP contribution is -2.54. The monoisotopic (exact) mass is 392 g/mol. The zero-order valence-corrected chi connectivity index (χ0v) is 17.0. The van der Waals surface area contributed by atoms with E-state index < -0.39 is 5.91 Å². The van der Waals surface area contributed by atoms with Crippen LogP contribution in [0.1, 0.15) is 41.6 Å². The van der Waals surface area contributed by atoms with Crippen LogP contribution < -0.4 is 16.0 Å². The summed E-state index contributed by atoms with van der Waals surface area (Å²) >= 11 is 0. The molecule has 1 saturated heterocycles. The van der Waals surface area contributed by atoms with E-state index in [9.17, 15) is 9.59 Å². The van der Waals surface area contributed by atoms with Gasteiger partial charge < -0.3 is 11.1 Å². The maximum Gasteiger partial charge on any atom is 0.322 e. The van der Waals surface area contributed by atoms with E-state index in [-0.39, 0.29) is 17.1 Å². The van der Waals surface area contributed by atoms with Crippen LogP contribution in [-0.2, 0) is 5.54 Å². The van der Waals surface area contributed by atoms with E-state index >= 15 is 0 Å². The van der Waals surface area contributed by atoms with Crippen molar-refractivity contribution in [2.24, 2.45) is 5.73 Å². The fourth-order valence-electron chi connectivity index (χ4n) is 4.91. The molecule has 1 heterocycles. The van der Waals surface area contributed by atoms with Gasteiger partial charge in [0.25, 0.3) is 0 Å². The minimum absolute atomic E-state index is 0.0173. The van der Waals surface area contributed by atoms with Crippen LogP contribution in [-0.4, -0.2) is 43.0 Å². The highest BCUT2D eigenvalue weighted by Crippen LogP contribution is 2.46. The number of rotatable bonds is 4. The summed E-state index contributed by atoms with van der Waals surface area (Å²) in [6.07, 6.45) is 3.74. The van der Waals surface area contributed by atoms with Crippen LogP contribution in [0.5, 0.6) is 0 Å². The van der Waals surface area contributed by atoms with Gasteiger partial charge >= 0.3 is 6.03 Å². The van der Waals surface area contributed by atoms with E-state index in [1.165, 1.54) is 5.56 Å². The maximum atomic E-state index is 12.8. The Morgan fingerprint density at radius 1 is 1.03 bits per heavy atom. The fraction of sp³-hybridized carbons (Fsp3) is 0.391. The number of carbonyl (C=O) groups excluding carboxylic acids is 2. The Morgan fingerprint density at radius 2 is 1.72 bits per heavy atom. The Hall–Kier alpha value is -2.86. The van der Waals surface area contributed by atoms with Gasteiger partial charge in [-0.15, -0.1) is 0 Å². The molecule has 1 aliphatic carbocycles. The van der Waals surface area contributed by atoms with Gasteiger partial charge in [0.15, 0.2) is 0 Å². The smallest absolute Gasteiger partial charge is 0.322 e. The summed E-state index contributed by atoms with van der Waals surface area (Å²) in [4.78, 5) is 28.3. The number of hydrogen-bond donors (Lipinski definition) is 2. The van der Waals surface area contributed by atoms with Gasteiger partial charge in [-0.05, 0) is 63.5 Å². The third-order valence-electron chi connectivity index (χ3n) is 6.72. The highest BCUT2D eigenvalue weighted by atomic mass is 16.2. The molecule has 29 heavy (non-hydrogen) atoms. The topological polar surface area (TPSA) is 78.7 Å². The molecule has 3 amide bonds. The quantitative estimate of drug-likeness (QED) is 0.839. The van der Waals surface area contributed by atoms with Gasteiger partial charge in [0.2, 0.25) is 5.91 Å². The van der Waals surface area contributed by atoms with E-state index in [1.807, 2.05) is 12.1 Å². The summed E-state index contributed by atoms with van der Waals surface area (Å²) in [6, 6.07) is 17.5. The van der Waals surface area contributed by atoms with Gasteiger partial charge in [0.05, 0.1) is 12.1 Å². The van der Waals surface area contributed by atoms with Gasteiger partial charge in [-0.1, -0.05) is 36.4 Å². The molecule has 2 aliphatic rings. The molecule has 6 nitrogen and oxygen atoms in total. The van der Waals surface area contributed by atoms with Crippen LogP contribution in [0.25, 0.3) is 0 Å². The normalized spacial score (nSPS) is 26.7. The van der Waals surface area contributed by atoms with E-state index in [4.69, 9.17) is 5.73 Å². The van der Waals surface area contributed by atoms with Gasteiger partial charge in [-0.25, -0.2) is 4.79 Å². The van der Waals surface area contributed by atoms with E-state index in [1.54, 1.807) is 23.1 Å². The second kappa shape index (κ2) is 7.19. The second-order valence-electron chi connectivity index (χ2n) is 8.50. The zero-order chi connectivity index (χ0) is 20.6. The van der Waals surface area contributed by atoms with Crippen molar-refractivity contribution < 1.29 is 9.59 Å². The number of urea groups is 1. The first-order valence-corrected chi connectivity index (χ1v) is 10.1.